The van der Waals surface area contributed by atoms with Crippen molar-refractivity contribution in [2.45, 2.75) is 13.5 Å². The second kappa shape index (κ2) is 9.78. The van der Waals surface area contributed by atoms with Crippen LogP contribution in [0.4, 0.5) is 0 Å². The number of ether oxygens (including phenoxy) is 2. The van der Waals surface area contributed by atoms with Gasteiger partial charge in [0.2, 0.25) is 0 Å². The van der Waals surface area contributed by atoms with Gasteiger partial charge in [-0.1, -0.05) is 29.3 Å². The van der Waals surface area contributed by atoms with Gasteiger partial charge >= 0.3 is 0 Å². The van der Waals surface area contributed by atoms with E-state index in [-0.39, 0.29) is 17.3 Å². The van der Waals surface area contributed by atoms with Crippen LogP contribution in [0, 0.1) is 0 Å². The van der Waals surface area contributed by atoms with Crippen LogP contribution in [0.5, 0.6) is 11.5 Å². The third kappa shape index (κ3) is 5.31. The predicted octanol–water partition coefficient (Wildman–Crippen LogP) is 4.65. The highest BCUT2D eigenvalue weighted by Gasteiger charge is 2.26. The third-order valence-electron chi connectivity index (χ3n) is 3.97. The molecule has 3 rings (SSSR count). The Morgan fingerprint density at radius 1 is 1.10 bits per heavy atom. The first-order valence-corrected chi connectivity index (χ1v) is 10.7. The molecule has 1 saturated heterocycles. The molecule has 0 saturated carbocycles. The summed E-state index contributed by atoms with van der Waals surface area (Å²) in [4.78, 5) is 24.2. The molecule has 2 amide bonds. The van der Waals surface area contributed by atoms with E-state index in [9.17, 15) is 9.59 Å². The molecule has 0 atom stereocenters. The number of benzene rings is 2. The van der Waals surface area contributed by atoms with E-state index in [1.165, 1.54) is 6.08 Å². The Morgan fingerprint density at radius 2 is 1.80 bits per heavy atom. The maximum atomic E-state index is 12.1. The van der Waals surface area contributed by atoms with Gasteiger partial charge in [-0.25, -0.2) is 0 Å². The number of nitrogens with one attached hydrogen (secondary N) is 2. The lowest BCUT2D eigenvalue weighted by atomic mass is 10.1. The molecule has 30 heavy (non-hydrogen) atoms. The first-order chi connectivity index (χ1) is 14.3. The molecule has 6 nitrogen and oxygen atoms in total. The van der Waals surface area contributed by atoms with Gasteiger partial charge in [0.1, 0.15) is 12.2 Å². The number of carbonyl (C=O) groups is 2. The molecule has 0 aliphatic carbocycles. The normalized spacial score (nSPS) is 13.6. The molecule has 0 bridgehead atoms. The lowest BCUT2D eigenvalue weighted by Gasteiger charge is -2.17. The van der Waals surface area contributed by atoms with Crippen LogP contribution in [0.25, 0.3) is 6.08 Å². The van der Waals surface area contributed by atoms with E-state index in [0.29, 0.717) is 38.2 Å². The zero-order valence-electron chi connectivity index (χ0n) is 15.6. The van der Waals surface area contributed by atoms with Gasteiger partial charge in [-0.3, -0.25) is 20.2 Å². The molecule has 0 radical (unpaired) electrons. The van der Waals surface area contributed by atoms with Gasteiger partial charge in [-0.15, -0.1) is 0 Å². The summed E-state index contributed by atoms with van der Waals surface area (Å²) in [7, 11) is 0. The molecule has 0 unspecified atom stereocenters. The van der Waals surface area contributed by atoms with Crippen LogP contribution in [0.3, 0.4) is 0 Å². The SMILES string of the molecule is CCOc1cc(C=C2C(=O)NC(=S)NC2=O)cc(Br)c1OCc1ccc(Cl)cc1Cl. The second-order valence-electron chi connectivity index (χ2n) is 6.08. The van der Waals surface area contributed by atoms with E-state index >= 15 is 0 Å². The van der Waals surface area contributed by atoms with Gasteiger partial charge in [-0.2, -0.15) is 0 Å². The Labute approximate surface area is 196 Å². The number of carbonyl (C=O) groups excluding carboxylic acids is 2. The highest BCUT2D eigenvalue weighted by Crippen LogP contribution is 2.38. The number of halogens is 3. The van der Waals surface area contributed by atoms with E-state index in [1.807, 2.05) is 6.92 Å². The van der Waals surface area contributed by atoms with Gasteiger partial charge in [0.25, 0.3) is 11.8 Å². The summed E-state index contributed by atoms with van der Waals surface area (Å²) in [5.74, 6) is -0.245. The Morgan fingerprint density at radius 3 is 2.43 bits per heavy atom. The minimum absolute atomic E-state index is 0.0251. The maximum Gasteiger partial charge on any atom is 0.263 e. The molecular formula is C20H15BrCl2N2O4S. The summed E-state index contributed by atoms with van der Waals surface area (Å²) >= 11 is 20.4. The molecule has 1 aliphatic heterocycles. The molecule has 1 aliphatic rings. The van der Waals surface area contributed by atoms with Crippen molar-refractivity contribution in [1.29, 1.82) is 0 Å². The smallest absolute Gasteiger partial charge is 0.263 e. The van der Waals surface area contributed by atoms with Crippen LogP contribution in [0.15, 0.2) is 40.4 Å². The zero-order chi connectivity index (χ0) is 21.8. The minimum Gasteiger partial charge on any atom is -0.490 e. The van der Waals surface area contributed by atoms with Crippen LogP contribution in [0.1, 0.15) is 18.1 Å². The quantitative estimate of drug-likeness (QED) is 0.323. The topological polar surface area (TPSA) is 76.7 Å². The highest BCUT2D eigenvalue weighted by molar-refractivity contribution is 9.10. The average molecular weight is 530 g/mol. The molecule has 0 aromatic heterocycles. The van der Waals surface area contributed by atoms with Crippen LogP contribution in [-0.2, 0) is 16.2 Å². The van der Waals surface area contributed by atoms with Crippen molar-refractivity contribution in [1.82, 2.24) is 10.6 Å². The van der Waals surface area contributed by atoms with E-state index in [0.717, 1.165) is 5.56 Å². The summed E-state index contributed by atoms with van der Waals surface area (Å²) in [5, 5.41) is 5.79. The van der Waals surface area contributed by atoms with Crippen molar-refractivity contribution >= 4 is 74.4 Å². The largest absolute Gasteiger partial charge is 0.490 e. The van der Waals surface area contributed by atoms with E-state index in [4.69, 9.17) is 44.9 Å². The first-order valence-electron chi connectivity index (χ1n) is 8.70. The minimum atomic E-state index is -0.574. The van der Waals surface area contributed by atoms with Crippen molar-refractivity contribution in [2.24, 2.45) is 0 Å². The number of amides is 2. The number of thiocarbonyl (C=S) groups is 1. The van der Waals surface area contributed by atoms with Crippen LogP contribution >= 0.6 is 51.3 Å². The molecule has 0 spiro atoms. The number of hydrogen-bond acceptors (Lipinski definition) is 5. The maximum absolute atomic E-state index is 12.1. The number of rotatable bonds is 6. The summed E-state index contributed by atoms with van der Waals surface area (Å²) in [6.45, 7) is 2.42. The Hall–Kier alpha value is -2.13. The molecule has 2 aromatic carbocycles. The van der Waals surface area contributed by atoms with Crippen LogP contribution in [-0.4, -0.2) is 23.5 Å². The zero-order valence-corrected chi connectivity index (χ0v) is 19.5. The van der Waals surface area contributed by atoms with E-state index in [1.54, 1.807) is 30.3 Å². The lowest BCUT2D eigenvalue weighted by Crippen LogP contribution is -2.51. The third-order valence-corrected chi connectivity index (χ3v) is 5.35. The van der Waals surface area contributed by atoms with Crippen LogP contribution < -0.4 is 20.1 Å². The van der Waals surface area contributed by atoms with E-state index < -0.39 is 11.8 Å². The standard InChI is InChI=1S/C20H15BrCl2N2O4S/c1-2-28-16-7-10(5-13-18(26)24-20(30)25-19(13)27)6-14(21)17(16)29-9-11-3-4-12(22)8-15(11)23/h3-8H,2,9H2,1H3,(H2,24,25,26,27,30). The fraction of sp³-hybridized carbons (Fsp3) is 0.150. The van der Waals surface area contributed by atoms with Crippen molar-refractivity contribution in [3.8, 4) is 11.5 Å². The van der Waals surface area contributed by atoms with Crippen molar-refractivity contribution in [2.75, 3.05) is 6.61 Å². The monoisotopic (exact) mass is 528 g/mol. The Balaban J connectivity index is 1.90. The Bertz CT molecular complexity index is 1050. The predicted molar refractivity (Wildman–Crippen MR) is 123 cm³/mol. The number of hydrogen-bond donors (Lipinski definition) is 2. The molecular weight excluding hydrogens is 515 g/mol. The van der Waals surface area contributed by atoms with Crippen molar-refractivity contribution in [3.05, 3.63) is 61.5 Å². The van der Waals surface area contributed by atoms with Crippen LogP contribution in [0.2, 0.25) is 10.0 Å². The molecule has 156 valence electrons. The summed E-state index contributed by atoms with van der Waals surface area (Å²) in [6.07, 6.45) is 1.44. The van der Waals surface area contributed by atoms with Gasteiger partial charge < -0.3 is 9.47 Å². The molecule has 2 aromatic rings. The average Bonchev–Trinajstić information content (AvgIpc) is 2.65. The molecule has 2 N–H and O–H groups in total. The highest BCUT2D eigenvalue weighted by atomic mass is 79.9. The van der Waals surface area contributed by atoms with Gasteiger partial charge in [0.15, 0.2) is 16.6 Å². The molecule has 1 fully saturated rings. The van der Waals surface area contributed by atoms with E-state index in [2.05, 4.69) is 26.6 Å². The van der Waals surface area contributed by atoms with Gasteiger partial charge in [0, 0.05) is 15.6 Å². The molecule has 10 heteroatoms. The summed E-state index contributed by atoms with van der Waals surface area (Å²) in [5.41, 5.74) is 1.25. The van der Waals surface area contributed by atoms with Crippen molar-refractivity contribution < 1.29 is 19.1 Å². The summed E-state index contributed by atoms with van der Waals surface area (Å²) in [6, 6.07) is 8.53. The lowest BCUT2D eigenvalue weighted by molar-refractivity contribution is -0.123. The fourth-order valence-corrected chi connectivity index (χ4v) is 3.86. The van der Waals surface area contributed by atoms with Crippen molar-refractivity contribution in [3.63, 3.8) is 0 Å². The Kier molecular flexibility index (Phi) is 7.36. The van der Waals surface area contributed by atoms with Gasteiger partial charge in [-0.05, 0) is 71.0 Å². The fourth-order valence-electron chi connectivity index (χ4n) is 2.64. The molecule has 1 heterocycles. The van der Waals surface area contributed by atoms with Gasteiger partial charge in [0.05, 0.1) is 11.1 Å². The second-order valence-corrected chi connectivity index (χ2v) is 8.19. The summed E-state index contributed by atoms with van der Waals surface area (Å²) < 4.78 is 12.2. The first kappa shape index (κ1) is 22.6.